The van der Waals surface area contributed by atoms with Crippen molar-refractivity contribution in [2.24, 2.45) is 0 Å². The second-order valence-electron chi connectivity index (χ2n) is 3.69. The third kappa shape index (κ3) is 3.70. The minimum absolute atomic E-state index is 0.245. The molecule has 0 radical (unpaired) electrons. The summed E-state index contributed by atoms with van der Waals surface area (Å²) in [6, 6.07) is 0.842. The Morgan fingerprint density at radius 2 is 2.28 bits per heavy atom. The number of aromatic nitrogens is 1. The molecule has 0 unspecified atom stereocenters. The molecule has 0 fully saturated rings. The Hall–Kier alpha value is -1.62. The van der Waals surface area contributed by atoms with Crippen LogP contribution in [-0.4, -0.2) is 30.0 Å². The summed E-state index contributed by atoms with van der Waals surface area (Å²) >= 11 is 5.85. The first-order chi connectivity index (χ1) is 8.60. The van der Waals surface area contributed by atoms with Gasteiger partial charge in [-0.15, -0.1) is 0 Å². The fourth-order valence-corrected chi connectivity index (χ4v) is 1.68. The molecule has 1 aromatic heterocycles. The smallest absolute Gasteiger partial charge is 0.328 e. The number of carbonyl (C=O) groups excluding carboxylic acids is 2. The summed E-state index contributed by atoms with van der Waals surface area (Å²) in [5, 5.41) is 2.85. The lowest BCUT2D eigenvalue weighted by molar-refractivity contribution is -0.143. The molecule has 0 aromatic carbocycles. The minimum Gasteiger partial charge on any atom is -0.467 e. The van der Waals surface area contributed by atoms with Crippen molar-refractivity contribution in [3.05, 3.63) is 29.0 Å². The van der Waals surface area contributed by atoms with Gasteiger partial charge < -0.3 is 10.1 Å². The van der Waals surface area contributed by atoms with E-state index in [1.54, 1.807) is 0 Å². The summed E-state index contributed by atoms with van der Waals surface area (Å²) in [6.45, 7) is 1.92. The second kappa shape index (κ2) is 6.96. The Labute approximate surface area is 110 Å². The van der Waals surface area contributed by atoms with Crippen molar-refractivity contribution in [2.75, 3.05) is 7.11 Å². The first-order valence-electron chi connectivity index (χ1n) is 5.58. The Morgan fingerprint density at radius 3 is 2.83 bits per heavy atom. The van der Waals surface area contributed by atoms with Crippen LogP contribution < -0.4 is 5.32 Å². The third-order valence-corrected chi connectivity index (χ3v) is 2.69. The monoisotopic (exact) mass is 270 g/mol. The zero-order valence-corrected chi connectivity index (χ0v) is 11.0. The van der Waals surface area contributed by atoms with Crippen molar-refractivity contribution in [1.29, 1.82) is 0 Å². The van der Waals surface area contributed by atoms with Crippen LogP contribution in [0.4, 0.5) is 0 Å². The molecule has 1 N–H and O–H groups in total. The van der Waals surface area contributed by atoms with Gasteiger partial charge in [-0.3, -0.25) is 9.78 Å². The van der Waals surface area contributed by atoms with E-state index < -0.39 is 17.9 Å². The molecule has 0 saturated carbocycles. The van der Waals surface area contributed by atoms with Crippen LogP contribution in [0.15, 0.2) is 18.5 Å². The van der Waals surface area contributed by atoms with E-state index >= 15 is 0 Å². The molecule has 1 amide bonds. The van der Waals surface area contributed by atoms with E-state index in [1.165, 1.54) is 25.6 Å². The quantitative estimate of drug-likeness (QED) is 0.829. The van der Waals surface area contributed by atoms with E-state index in [0.717, 1.165) is 6.42 Å². The van der Waals surface area contributed by atoms with Gasteiger partial charge in [-0.25, -0.2) is 4.79 Å². The maximum Gasteiger partial charge on any atom is 0.328 e. The lowest BCUT2D eigenvalue weighted by Gasteiger charge is -2.15. The molecule has 0 bridgehead atoms. The molecule has 6 heteroatoms. The molecule has 0 aliphatic carbocycles. The average Bonchev–Trinajstić information content (AvgIpc) is 2.37. The highest BCUT2D eigenvalue weighted by molar-refractivity contribution is 6.33. The van der Waals surface area contributed by atoms with Crippen LogP contribution in [0, 0.1) is 0 Å². The lowest BCUT2D eigenvalue weighted by Crippen LogP contribution is -2.41. The van der Waals surface area contributed by atoms with Gasteiger partial charge >= 0.3 is 5.97 Å². The molecule has 1 heterocycles. The number of rotatable bonds is 5. The van der Waals surface area contributed by atoms with Gasteiger partial charge in [-0.05, 0) is 12.5 Å². The topological polar surface area (TPSA) is 68.3 Å². The predicted molar refractivity (Wildman–Crippen MR) is 67.4 cm³/mol. The molecule has 18 heavy (non-hydrogen) atoms. The third-order valence-electron chi connectivity index (χ3n) is 2.39. The van der Waals surface area contributed by atoms with E-state index in [1.807, 2.05) is 6.92 Å². The zero-order chi connectivity index (χ0) is 13.5. The van der Waals surface area contributed by atoms with E-state index in [2.05, 4.69) is 15.0 Å². The Bertz CT molecular complexity index is 437. The van der Waals surface area contributed by atoms with Crippen molar-refractivity contribution < 1.29 is 14.3 Å². The number of esters is 1. The van der Waals surface area contributed by atoms with Gasteiger partial charge in [-0.2, -0.15) is 0 Å². The van der Waals surface area contributed by atoms with Crippen LogP contribution in [0.3, 0.4) is 0 Å². The van der Waals surface area contributed by atoms with Crippen LogP contribution in [-0.2, 0) is 9.53 Å². The molecule has 0 spiro atoms. The molecule has 98 valence electrons. The number of pyridine rings is 1. The molecule has 1 aromatic rings. The van der Waals surface area contributed by atoms with Gasteiger partial charge in [0.2, 0.25) is 0 Å². The number of amides is 1. The van der Waals surface area contributed by atoms with Crippen LogP contribution >= 0.6 is 11.6 Å². The summed E-state index contributed by atoms with van der Waals surface area (Å²) < 4.78 is 4.63. The highest BCUT2D eigenvalue weighted by atomic mass is 35.5. The van der Waals surface area contributed by atoms with Crippen molar-refractivity contribution in [3.8, 4) is 0 Å². The fourth-order valence-electron chi connectivity index (χ4n) is 1.48. The van der Waals surface area contributed by atoms with Gasteiger partial charge in [0.05, 0.1) is 17.7 Å². The molecule has 0 aliphatic rings. The van der Waals surface area contributed by atoms with Crippen molar-refractivity contribution in [2.45, 2.75) is 25.8 Å². The van der Waals surface area contributed by atoms with E-state index in [4.69, 9.17) is 11.6 Å². The molecular weight excluding hydrogens is 256 g/mol. The second-order valence-corrected chi connectivity index (χ2v) is 4.10. The molecule has 5 nitrogen and oxygen atoms in total. The molecule has 0 saturated heterocycles. The number of nitrogens with zero attached hydrogens (tertiary/aromatic N) is 1. The maximum absolute atomic E-state index is 11.9. The van der Waals surface area contributed by atoms with Crippen molar-refractivity contribution >= 4 is 23.5 Å². The normalized spacial score (nSPS) is 11.7. The summed E-state index contributed by atoms with van der Waals surface area (Å²) in [5.41, 5.74) is 0.289. The van der Waals surface area contributed by atoms with Crippen molar-refractivity contribution in [3.63, 3.8) is 0 Å². The average molecular weight is 271 g/mol. The zero-order valence-electron chi connectivity index (χ0n) is 10.3. The number of nitrogens with one attached hydrogen (secondary N) is 1. The maximum atomic E-state index is 11.9. The highest BCUT2D eigenvalue weighted by Crippen LogP contribution is 2.13. The van der Waals surface area contributed by atoms with E-state index in [0.29, 0.717) is 6.42 Å². The summed E-state index contributed by atoms with van der Waals surface area (Å²) in [4.78, 5) is 27.2. The standard InChI is InChI=1S/C12H15ClN2O3/c1-3-4-10(12(17)18-2)15-11(16)8-5-6-14-7-9(8)13/h5-7,10H,3-4H2,1-2H3,(H,15,16)/t10-/m1/s1. The fraction of sp³-hybridized carbons (Fsp3) is 0.417. The molecule has 1 atom stereocenters. The number of hydrogen-bond donors (Lipinski definition) is 1. The number of carbonyl (C=O) groups is 2. The Balaban J connectivity index is 2.79. The summed E-state index contributed by atoms with van der Waals surface area (Å²) in [7, 11) is 1.29. The number of methoxy groups -OCH3 is 1. The Kier molecular flexibility index (Phi) is 5.58. The molecule has 0 aliphatic heterocycles. The molecule has 1 rings (SSSR count). The Morgan fingerprint density at radius 1 is 1.56 bits per heavy atom. The van der Waals surface area contributed by atoms with Gasteiger partial charge in [0.25, 0.3) is 5.91 Å². The summed E-state index contributed by atoms with van der Waals surface area (Å²) in [6.07, 6.45) is 4.11. The predicted octanol–water partition coefficient (Wildman–Crippen LogP) is 1.81. The number of halogens is 1. The first kappa shape index (κ1) is 14.4. The number of ether oxygens (including phenoxy) is 1. The van der Waals surface area contributed by atoms with Crippen LogP contribution in [0.5, 0.6) is 0 Å². The minimum atomic E-state index is -0.656. The van der Waals surface area contributed by atoms with Crippen molar-refractivity contribution in [1.82, 2.24) is 10.3 Å². The first-order valence-corrected chi connectivity index (χ1v) is 5.96. The summed E-state index contributed by atoms with van der Waals surface area (Å²) in [5.74, 6) is -0.873. The van der Waals surface area contributed by atoms with E-state index in [9.17, 15) is 9.59 Å². The highest BCUT2D eigenvalue weighted by Gasteiger charge is 2.22. The SMILES string of the molecule is CCC[C@@H](NC(=O)c1ccncc1Cl)C(=O)OC. The van der Waals surface area contributed by atoms with Crippen LogP contribution in [0.1, 0.15) is 30.1 Å². The largest absolute Gasteiger partial charge is 0.467 e. The lowest BCUT2D eigenvalue weighted by atomic mass is 10.1. The van der Waals surface area contributed by atoms with E-state index in [-0.39, 0.29) is 10.6 Å². The van der Waals surface area contributed by atoms with Crippen LogP contribution in [0.25, 0.3) is 0 Å². The van der Waals surface area contributed by atoms with Gasteiger partial charge in [0.1, 0.15) is 6.04 Å². The number of hydrogen-bond acceptors (Lipinski definition) is 4. The van der Waals surface area contributed by atoms with Crippen LogP contribution in [0.2, 0.25) is 5.02 Å². The van der Waals surface area contributed by atoms with Gasteiger partial charge in [0, 0.05) is 12.4 Å². The van der Waals surface area contributed by atoms with Gasteiger partial charge in [-0.1, -0.05) is 24.9 Å². The molecular formula is C12H15ClN2O3. The van der Waals surface area contributed by atoms with Gasteiger partial charge in [0.15, 0.2) is 0 Å².